The van der Waals surface area contributed by atoms with E-state index in [4.69, 9.17) is 5.11 Å². The average Bonchev–Trinajstić information content (AvgIpc) is 3.17. The lowest BCUT2D eigenvalue weighted by Gasteiger charge is -2.12. The summed E-state index contributed by atoms with van der Waals surface area (Å²) in [6.45, 7) is -0.224. The van der Waals surface area contributed by atoms with Gasteiger partial charge in [0, 0.05) is 28.4 Å². The number of carbonyl (C=O) groups is 1. The van der Waals surface area contributed by atoms with Gasteiger partial charge < -0.3 is 20.5 Å². The van der Waals surface area contributed by atoms with Crippen LogP contribution in [0.1, 0.15) is 10.4 Å². The Labute approximate surface area is 161 Å². The first-order valence-corrected chi connectivity index (χ1v) is 9.33. The lowest BCUT2D eigenvalue weighted by molar-refractivity contribution is 0.0941. The molecule has 0 saturated carbocycles. The number of amides is 1. The van der Waals surface area contributed by atoms with Gasteiger partial charge >= 0.3 is 0 Å². The third-order valence-electron chi connectivity index (χ3n) is 4.47. The number of aliphatic hydroxyl groups excluding tert-OH is 1. The van der Waals surface area contributed by atoms with Crippen molar-refractivity contribution in [3.63, 3.8) is 0 Å². The molecule has 0 aliphatic rings. The Morgan fingerprint density at radius 2 is 2.04 bits per heavy atom. The maximum Gasteiger partial charge on any atom is 0.266 e. The third kappa shape index (κ3) is 2.92. The van der Waals surface area contributed by atoms with Crippen LogP contribution in [0.2, 0.25) is 0 Å². The molecular formula is C20H15FN2O4S. The highest BCUT2D eigenvalue weighted by Gasteiger charge is 2.18. The van der Waals surface area contributed by atoms with E-state index >= 15 is 0 Å². The number of benzene rings is 2. The lowest BCUT2D eigenvalue weighted by Crippen LogP contribution is -2.27. The molecule has 0 aliphatic carbocycles. The van der Waals surface area contributed by atoms with Gasteiger partial charge in [0.2, 0.25) is 0 Å². The Balaban J connectivity index is 1.93. The van der Waals surface area contributed by atoms with E-state index in [1.54, 1.807) is 17.5 Å². The number of rotatable bonds is 4. The first kappa shape index (κ1) is 18.1. The second-order valence-electron chi connectivity index (χ2n) is 6.17. The number of aromatic hydroxyl groups is 1. The number of carbonyl (C=O) groups excluding carboxylic acids is 1. The molecule has 4 N–H and O–H groups in total. The molecule has 0 unspecified atom stereocenters. The molecule has 0 bridgehead atoms. The Hall–Kier alpha value is -3.23. The van der Waals surface area contributed by atoms with Crippen molar-refractivity contribution in [2.75, 3.05) is 13.2 Å². The molecule has 8 heteroatoms. The van der Waals surface area contributed by atoms with Crippen molar-refractivity contribution in [2.24, 2.45) is 0 Å². The van der Waals surface area contributed by atoms with Gasteiger partial charge in [-0.15, -0.1) is 11.3 Å². The molecule has 0 aliphatic heterocycles. The van der Waals surface area contributed by atoms with Gasteiger partial charge in [-0.3, -0.25) is 9.59 Å². The van der Waals surface area contributed by atoms with E-state index < -0.39 is 11.7 Å². The number of phenols is 1. The smallest absolute Gasteiger partial charge is 0.266 e. The predicted octanol–water partition coefficient (Wildman–Crippen LogP) is 2.98. The first-order valence-electron chi connectivity index (χ1n) is 8.45. The molecule has 0 saturated heterocycles. The number of hydrogen-bond donors (Lipinski definition) is 4. The zero-order valence-corrected chi connectivity index (χ0v) is 15.3. The summed E-state index contributed by atoms with van der Waals surface area (Å²) in [5.74, 6) is -1.45. The van der Waals surface area contributed by atoms with Gasteiger partial charge in [0.25, 0.3) is 11.5 Å². The molecule has 6 nitrogen and oxygen atoms in total. The van der Waals surface area contributed by atoms with Crippen molar-refractivity contribution in [1.82, 2.24) is 10.3 Å². The van der Waals surface area contributed by atoms with Gasteiger partial charge in [0.05, 0.1) is 12.2 Å². The Bertz CT molecular complexity index is 1280. The van der Waals surface area contributed by atoms with E-state index in [1.165, 1.54) is 35.6 Å². The number of thiophene rings is 1. The number of fused-ring (bicyclic) bond motifs is 3. The number of aromatic nitrogens is 1. The van der Waals surface area contributed by atoms with Crippen LogP contribution >= 0.6 is 11.3 Å². The number of hydrogen-bond acceptors (Lipinski definition) is 5. The van der Waals surface area contributed by atoms with Crippen LogP contribution in [0, 0.1) is 5.82 Å². The number of aliphatic hydroxyl groups is 1. The molecule has 0 fully saturated rings. The number of aromatic amines is 1. The molecule has 1 amide bonds. The molecule has 28 heavy (non-hydrogen) atoms. The standard InChI is InChI=1S/C20H15FN2O4S/c21-13-9-10(1-2-11(13)19(26)22-6-7-24)16-15(25)4-3-14-17(16)12-5-8-28-18(12)20(27)23-14/h1-5,8-9,24-25H,6-7H2,(H,22,26)(H,23,27). The maximum atomic E-state index is 14.6. The minimum absolute atomic E-state index is 0.0215. The van der Waals surface area contributed by atoms with Gasteiger partial charge in [0.1, 0.15) is 16.3 Å². The molecule has 0 radical (unpaired) electrons. The van der Waals surface area contributed by atoms with Crippen LogP contribution in [0.3, 0.4) is 0 Å². The zero-order chi connectivity index (χ0) is 19.8. The van der Waals surface area contributed by atoms with Gasteiger partial charge in [-0.25, -0.2) is 4.39 Å². The highest BCUT2D eigenvalue weighted by atomic mass is 32.1. The molecule has 2 heterocycles. The molecule has 2 aromatic heterocycles. The fraction of sp³-hybridized carbons (Fsp3) is 0.100. The molecule has 0 atom stereocenters. The van der Waals surface area contributed by atoms with E-state index in [9.17, 15) is 19.1 Å². The summed E-state index contributed by atoms with van der Waals surface area (Å²) in [4.78, 5) is 27.0. The molecular weight excluding hydrogens is 383 g/mol. The van der Waals surface area contributed by atoms with Gasteiger partial charge in [0.15, 0.2) is 0 Å². The Morgan fingerprint density at radius 3 is 2.79 bits per heavy atom. The van der Waals surface area contributed by atoms with Crippen molar-refractivity contribution in [3.05, 3.63) is 63.5 Å². The molecule has 0 spiro atoms. The molecule has 142 valence electrons. The van der Waals surface area contributed by atoms with Crippen LogP contribution in [-0.2, 0) is 0 Å². The highest BCUT2D eigenvalue weighted by Crippen LogP contribution is 2.40. The van der Waals surface area contributed by atoms with E-state index in [2.05, 4.69) is 10.3 Å². The fourth-order valence-corrected chi connectivity index (χ4v) is 4.04. The minimum atomic E-state index is -0.754. The predicted molar refractivity (Wildman–Crippen MR) is 106 cm³/mol. The van der Waals surface area contributed by atoms with Crippen LogP contribution in [0.15, 0.2) is 46.6 Å². The highest BCUT2D eigenvalue weighted by molar-refractivity contribution is 7.17. The second kappa shape index (κ2) is 7.06. The van der Waals surface area contributed by atoms with E-state index in [0.717, 1.165) is 0 Å². The molecule has 4 aromatic rings. The SMILES string of the molecule is O=C(NCCO)c1ccc(-c2c(O)ccc3[nH]c(=O)c4sccc4c23)cc1F. The van der Waals surface area contributed by atoms with Gasteiger partial charge in [-0.2, -0.15) is 0 Å². The monoisotopic (exact) mass is 398 g/mol. The van der Waals surface area contributed by atoms with E-state index in [1.807, 2.05) is 0 Å². The van der Waals surface area contributed by atoms with E-state index in [-0.39, 0.29) is 30.0 Å². The van der Waals surface area contributed by atoms with Crippen molar-refractivity contribution < 1.29 is 19.4 Å². The third-order valence-corrected chi connectivity index (χ3v) is 5.39. The van der Waals surface area contributed by atoms with Crippen molar-refractivity contribution >= 4 is 38.2 Å². The summed E-state index contributed by atoms with van der Waals surface area (Å²) < 4.78 is 15.1. The van der Waals surface area contributed by atoms with Crippen molar-refractivity contribution in [2.45, 2.75) is 0 Å². The van der Waals surface area contributed by atoms with Crippen molar-refractivity contribution in [1.29, 1.82) is 0 Å². The normalized spacial score (nSPS) is 11.2. The Morgan fingerprint density at radius 1 is 1.21 bits per heavy atom. The fourth-order valence-electron chi connectivity index (χ4n) is 3.25. The minimum Gasteiger partial charge on any atom is -0.507 e. The number of halogens is 1. The van der Waals surface area contributed by atoms with Crippen LogP contribution in [-0.4, -0.2) is 34.3 Å². The summed E-state index contributed by atoms with van der Waals surface area (Å²) in [6, 6.07) is 8.85. The number of nitrogens with one attached hydrogen (secondary N) is 2. The molecule has 4 rings (SSSR count). The average molecular weight is 398 g/mol. The Kier molecular flexibility index (Phi) is 4.58. The van der Waals surface area contributed by atoms with Crippen LogP contribution in [0.5, 0.6) is 5.75 Å². The van der Waals surface area contributed by atoms with Crippen LogP contribution < -0.4 is 10.9 Å². The zero-order valence-electron chi connectivity index (χ0n) is 14.5. The number of pyridine rings is 1. The van der Waals surface area contributed by atoms with Crippen molar-refractivity contribution in [3.8, 4) is 16.9 Å². The largest absolute Gasteiger partial charge is 0.507 e. The summed E-state index contributed by atoms with van der Waals surface area (Å²) in [7, 11) is 0. The molecule has 2 aromatic carbocycles. The summed E-state index contributed by atoms with van der Waals surface area (Å²) in [5.41, 5.74) is 0.883. The topological polar surface area (TPSA) is 102 Å². The lowest BCUT2D eigenvalue weighted by atomic mass is 9.96. The quantitative estimate of drug-likeness (QED) is 0.424. The summed E-state index contributed by atoms with van der Waals surface area (Å²) in [6.07, 6.45) is 0. The van der Waals surface area contributed by atoms with Crippen LogP contribution in [0.25, 0.3) is 32.1 Å². The number of phenolic OH excluding ortho intramolecular Hbond substituents is 1. The summed E-state index contributed by atoms with van der Waals surface area (Å²) in [5, 5.41) is 24.7. The second-order valence-corrected chi connectivity index (χ2v) is 7.09. The first-order chi connectivity index (χ1) is 13.5. The number of H-pyrrole nitrogens is 1. The van der Waals surface area contributed by atoms with E-state index in [0.29, 0.717) is 32.1 Å². The summed E-state index contributed by atoms with van der Waals surface area (Å²) >= 11 is 1.28. The van der Waals surface area contributed by atoms with Gasteiger partial charge in [-0.05, 0) is 41.3 Å². The van der Waals surface area contributed by atoms with Gasteiger partial charge in [-0.1, -0.05) is 6.07 Å². The maximum absolute atomic E-state index is 14.6. The van der Waals surface area contributed by atoms with Crippen LogP contribution in [0.4, 0.5) is 4.39 Å².